The number of halogens is 1. The first kappa shape index (κ1) is 15.8. The Morgan fingerprint density at radius 1 is 1.08 bits per heavy atom. The molecule has 0 fully saturated rings. The number of imidazole rings is 2. The molecule has 25 heavy (non-hydrogen) atoms. The molecule has 6 heteroatoms. The summed E-state index contributed by atoms with van der Waals surface area (Å²) >= 11 is 1.15. The van der Waals surface area contributed by atoms with Crippen LogP contribution >= 0.6 is 11.8 Å². The van der Waals surface area contributed by atoms with Crippen molar-refractivity contribution in [3.63, 3.8) is 0 Å². The molecule has 4 nitrogen and oxygen atoms in total. The summed E-state index contributed by atoms with van der Waals surface area (Å²) in [6.45, 7) is 1.83. The smallest absolute Gasteiger partial charge is 0.236 e. The molecule has 0 spiro atoms. The minimum absolute atomic E-state index is 0.0415. The van der Waals surface area contributed by atoms with Gasteiger partial charge >= 0.3 is 0 Å². The van der Waals surface area contributed by atoms with Crippen LogP contribution in [0.2, 0.25) is 0 Å². The number of fused-ring (bicyclic) bond motifs is 3. The van der Waals surface area contributed by atoms with Crippen molar-refractivity contribution < 1.29 is 9.18 Å². The number of carbonyl (C=O) groups excluding carboxylic acids is 1. The fourth-order valence-corrected chi connectivity index (χ4v) is 3.57. The van der Waals surface area contributed by atoms with E-state index in [1.807, 2.05) is 41.7 Å². The summed E-state index contributed by atoms with van der Waals surface area (Å²) in [5, 5.41) is 0.752. The standard InChI is InChI=1S/C19H14FN3OS/c1-2-16(24)25-18-17(12-8-10-13(20)11-9-12)22-19-21-14-6-4-3-5-7-15(14)23(18)19/h3-11H,2H2,1H3. The Morgan fingerprint density at radius 3 is 2.60 bits per heavy atom. The number of thioether (sulfide) groups is 1. The summed E-state index contributed by atoms with van der Waals surface area (Å²) in [6, 6.07) is 15.7. The predicted octanol–water partition coefficient (Wildman–Crippen LogP) is 4.72. The highest BCUT2D eigenvalue weighted by Gasteiger charge is 2.20. The number of hydrogen-bond acceptors (Lipinski definition) is 4. The number of aromatic nitrogens is 3. The van der Waals surface area contributed by atoms with Gasteiger partial charge in [-0.3, -0.25) is 9.20 Å². The van der Waals surface area contributed by atoms with E-state index in [2.05, 4.69) is 9.97 Å². The molecular weight excluding hydrogens is 337 g/mol. The number of hydrogen-bond donors (Lipinski definition) is 0. The molecule has 2 heterocycles. The van der Waals surface area contributed by atoms with Crippen molar-refractivity contribution in [1.29, 1.82) is 0 Å². The molecule has 124 valence electrons. The lowest BCUT2D eigenvalue weighted by atomic mass is 10.2. The maximum atomic E-state index is 13.3. The molecular formula is C19H14FN3OS. The van der Waals surface area contributed by atoms with E-state index < -0.39 is 0 Å². The van der Waals surface area contributed by atoms with E-state index in [4.69, 9.17) is 0 Å². The van der Waals surface area contributed by atoms with E-state index in [1.165, 1.54) is 12.1 Å². The molecule has 0 aliphatic heterocycles. The summed E-state index contributed by atoms with van der Waals surface area (Å²) in [5.41, 5.74) is 3.09. The van der Waals surface area contributed by atoms with Gasteiger partial charge in [0.1, 0.15) is 16.5 Å². The Hall–Kier alpha value is -2.73. The van der Waals surface area contributed by atoms with Gasteiger partial charge in [0.05, 0.1) is 11.0 Å². The van der Waals surface area contributed by atoms with Gasteiger partial charge in [-0.1, -0.05) is 25.1 Å². The zero-order valence-corrected chi connectivity index (χ0v) is 14.3. The molecule has 0 unspecified atom stereocenters. The molecule has 0 atom stereocenters. The van der Waals surface area contributed by atoms with E-state index in [0.717, 1.165) is 28.4 Å². The molecule has 4 rings (SSSR count). The van der Waals surface area contributed by atoms with Crippen molar-refractivity contribution in [2.45, 2.75) is 18.4 Å². The Kier molecular flexibility index (Phi) is 3.97. The van der Waals surface area contributed by atoms with E-state index in [0.29, 0.717) is 22.9 Å². The summed E-state index contributed by atoms with van der Waals surface area (Å²) in [7, 11) is 0. The van der Waals surface area contributed by atoms with Crippen LogP contribution in [0.25, 0.3) is 28.1 Å². The third kappa shape index (κ3) is 2.78. The second-order valence-electron chi connectivity index (χ2n) is 5.53. The first-order chi connectivity index (χ1) is 12.2. The maximum Gasteiger partial charge on any atom is 0.236 e. The maximum absolute atomic E-state index is 13.3. The number of carbonyl (C=O) groups is 1. The van der Waals surface area contributed by atoms with Gasteiger partial charge in [0.2, 0.25) is 5.78 Å². The Labute approximate surface area is 147 Å². The molecule has 0 radical (unpaired) electrons. The van der Waals surface area contributed by atoms with Gasteiger partial charge in [-0.2, -0.15) is 0 Å². The van der Waals surface area contributed by atoms with Crippen molar-refractivity contribution in [3.05, 3.63) is 60.4 Å². The summed E-state index contributed by atoms with van der Waals surface area (Å²) in [4.78, 5) is 21.3. The van der Waals surface area contributed by atoms with Gasteiger partial charge < -0.3 is 0 Å². The topological polar surface area (TPSA) is 47.3 Å². The van der Waals surface area contributed by atoms with Gasteiger partial charge in [0.25, 0.3) is 0 Å². The normalized spacial score (nSPS) is 11.3. The van der Waals surface area contributed by atoms with Gasteiger partial charge in [-0.15, -0.1) is 0 Å². The zero-order chi connectivity index (χ0) is 17.4. The summed E-state index contributed by atoms with van der Waals surface area (Å²) < 4.78 is 15.2. The fourth-order valence-electron chi connectivity index (χ4n) is 2.68. The van der Waals surface area contributed by atoms with Crippen molar-refractivity contribution in [2.75, 3.05) is 0 Å². The van der Waals surface area contributed by atoms with Crippen LogP contribution in [0, 0.1) is 5.82 Å². The quantitative estimate of drug-likeness (QED) is 0.501. The molecule has 0 amide bonds. The Balaban J connectivity index is 2.02. The minimum Gasteiger partial charge on any atom is -0.287 e. The van der Waals surface area contributed by atoms with Crippen molar-refractivity contribution in [1.82, 2.24) is 14.4 Å². The van der Waals surface area contributed by atoms with Gasteiger partial charge in [0.15, 0.2) is 5.12 Å². The first-order valence-electron chi connectivity index (χ1n) is 7.91. The van der Waals surface area contributed by atoms with Gasteiger partial charge in [-0.05, 0) is 48.2 Å². The van der Waals surface area contributed by atoms with E-state index in [9.17, 15) is 9.18 Å². The lowest BCUT2D eigenvalue weighted by molar-refractivity contribution is -0.110. The van der Waals surface area contributed by atoms with Crippen LogP contribution < -0.4 is 0 Å². The largest absolute Gasteiger partial charge is 0.287 e. The average Bonchev–Trinajstić information content (AvgIpc) is 3.03. The van der Waals surface area contributed by atoms with Crippen LogP contribution in [0.3, 0.4) is 0 Å². The Bertz CT molecular complexity index is 1090. The molecule has 0 bridgehead atoms. The molecule has 0 saturated carbocycles. The highest BCUT2D eigenvalue weighted by Crippen LogP contribution is 2.35. The predicted molar refractivity (Wildman–Crippen MR) is 97.0 cm³/mol. The second kappa shape index (κ2) is 6.29. The van der Waals surface area contributed by atoms with Crippen LogP contribution in [0.4, 0.5) is 4.39 Å². The number of nitrogens with zero attached hydrogens (tertiary/aromatic N) is 3. The third-order valence-corrected chi connectivity index (χ3v) is 4.97. The summed E-state index contributed by atoms with van der Waals surface area (Å²) in [5.74, 6) is 0.225. The highest BCUT2D eigenvalue weighted by atomic mass is 32.2. The monoisotopic (exact) mass is 351 g/mol. The SMILES string of the molecule is CCC(=O)Sc1c(-c2ccc(F)cc2)nc2nc3cccccc3n12. The molecule has 4 aromatic rings. The average molecular weight is 351 g/mol. The van der Waals surface area contributed by atoms with Crippen molar-refractivity contribution in [2.24, 2.45) is 0 Å². The molecule has 2 aromatic heterocycles. The molecule has 0 aliphatic rings. The van der Waals surface area contributed by atoms with E-state index in [1.54, 1.807) is 12.1 Å². The third-order valence-electron chi connectivity index (χ3n) is 3.89. The fraction of sp³-hybridized carbons (Fsp3) is 0.105. The number of benzene rings is 1. The van der Waals surface area contributed by atoms with Crippen LogP contribution in [-0.2, 0) is 4.79 Å². The lowest BCUT2D eigenvalue weighted by Gasteiger charge is -2.03. The number of rotatable bonds is 3. The first-order valence-corrected chi connectivity index (χ1v) is 8.73. The van der Waals surface area contributed by atoms with Crippen molar-refractivity contribution >= 4 is 33.7 Å². The van der Waals surface area contributed by atoms with Crippen LogP contribution in [0.5, 0.6) is 0 Å². The van der Waals surface area contributed by atoms with Crippen LogP contribution in [0.1, 0.15) is 13.3 Å². The van der Waals surface area contributed by atoms with Gasteiger partial charge in [0, 0.05) is 12.0 Å². The highest BCUT2D eigenvalue weighted by molar-refractivity contribution is 8.13. The second-order valence-corrected chi connectivity index (χ2v) is 6.57. The van der Waals surface area contributed by atoms with Gasteiger partial charge in [-0.25, -0.2) is 14.4 Å². The van der Waals surface area contributed by atoms with E-state index in [-0.39, 0.29) is 10.9 Å². The minimum atomic E-state index is -0.309. The van der Waals surface area contributed by atoms with Crippen LogP contribution in [-0.4, -0.2) is 19.5 Å². The molecule has 2 aromatic carbocycles. The molecule has 0 saturated heterocycles. The van der Waals surface area contributed by atoms with Crippen LogP contribution in [0.15, 0.2) is 59.6 Å². The van der Waals surface area contributed by atoms with E-state index >= 15 is 0 Å². The van der Waals surface area contributed by atoms with Crippen molar-refractivity contribution in [3.8, 4) is 11.3 Å². The molecule has 0 N–H and O–H groups in total. The molecule has 0 aliphatic carbocycles. The lowest BCUT2D eigenvalue weighted by Crippen LogP contribution is -1.92. The zero-order valence-electron chi connectivity index (χ0n) is 13.4. The summed E-state index contributed by atoms with van der Waals surface area (Å²) in [6.07, 6.45) is 0.417. The Morgan fingerprint density at radius 2 is 1.84 bits per heavy atom.